The third-order valence-corrected chi connectivity index (χ3v) is 2.02. The lowest BCUT2D eigenvalue weighted by Crippen LogP contribution is -1.79. The van der Waals surface area contributed by atoms with Gasteiger partial charge in [-0.25, -0.2) is 0 Å². The fourth-order valence-electron chi connectivity index (χ4n) is 1.35. The highest BCUT2D eigenvalue weighted by atomic mass is 16.1. The van der Waals surface area contributed by atoms with Crippen molar-refractivity contribution in [1.29, 1.82) is 0 Å². The van der Waals surface area contributed by atoms with Gasteiger partial charge >= 0.3 is 0 Å². The van der Waals surface area contributed by atoms with Crippen LogP contribution >= 0.6 is 0 Å². The van der Waals surface area contributed by atoms with E-state index in [0.717, 1.165) is 22.8 Å². The van der Waals surface area contributed by atoms with Gasteiger partial charge in [0.25, 0.3) is 0 Å². The van der Waals surface area contributed by atoms with E-state index in [1.165, 1.54) is 0 Å². The molecule has 0 aliphatic heterocycles. The number of benzene rings is 1. The minimum atomic E-state index is 0.283. The molecule has 0 aliphatic rings. The van der Waals surface area contributed by atoms with E-state index >= 15 is 0 Å². The molecule has 0 bridgehead atoms. The largest absolute Gasteiger partial charge is 0.302 e. The van der Waals surface area contributed by atoms with Gasteiger partial charge in [-0.05, 0) is 24.3 Å². The first-order valence-corrected chi connectivity index (χ1v) is 4.67. The first-order chi connectivity index (χ1) is 7.40. The zero-order valence-corrected chi connectivity index (χ0v) is 8.10. The van der Waals surface area contributed by atoms with Crippen LogP contribution in [0.3, 0.4) is 0 Å². The van der Waals surface area contributed by atoms with Gasteiger partial charge in [-0.3, -0.25) is 4.98 Å². The van der Waals surface area contributed by atoms with E-state index < -0.39 is 0 Å². The summed E-state index contributed by atoms with van der Waals surface area (Å²) in [5.74, 6) is 5.71. The number of rotatable bonds is 1. The zero-order valence-electron chi connectivity index (χ0n) is 8.10. The Bertz CT molecular complexity index is 549. The van der Waals surface area contributed by atoms with Crippen molar-refractivity contribution < 1.29 is 4.79 Å². The summed E-state index contributed by atoms with van der Waals surface area (Å²) < 4.78 is 0. The zero-order chi connectivity index (χ0) is 10.5. The molecule has 0 amide bonds. The van der Waals surface area contributed by atoms with Crippen LogP contribution < -0.4 is 0 Å². The van der Waals surface area contributed by atoms with E-state index in [0.29, 0.717) is 0 Å². The molecule has 2 nitrogen and oxygen atoms in total. The standard InChI is InChI=1S/C13H9NO/c15-9-2-1-4-11-6-7-13-12(10-11)5-3-8-14-13/h3,5-10H,2H2. The predicted molar refractivity (Wildman–Crippen MR) is 59.3 cm³/mol. The van der Waals surface area contributed by atoms with Crippen LogP contribution in [0.1, 0.15) is 12.0 Å². The fraction of sp³-hybridized carbons (Fsp3) is 0.0769. The van der Waals surface area contributed by atoms with Crippen LogP contribution in [0.2, 0.25) is 0 Å². The van der Waals surface area contributed by atoms with Gasteiger partial charge in [0, 0.05) is 17.1 Å². The highest BCUT2D eigenvalue weighted by Gasteiger charge is 1.93. The summed E-state index contributed by atoms with van der Waals surface area (Å²) in [6, 6.07) is 9.70. The number of pyridine rings is 1. The van der Waals surface area contributed by atoms with E-state index in [-0.39, 0.29) is 6.42 Å². The fourth-order valence-corrected chi connectivity index (χ4v) is 1.35. The molecule has 0 saturated carbocycles. The third kappa shape index (κ3) is 2.21. The maximum Gasteiger partial charge on any atom is 0.131 e. The van der Waals surface area contributed by atoms with Gasteiger partial charge in [-0.1, -0.05) is 17.9 Å². The molecule has 2 aromatic rings. The highest BCUT2D eigenvalue weighted by Crippen LogP contribution is 2.12. The van der Waals surface area contributed by atoms with Gasteiger partial charge in [-0.15, -0.1) is 0 Å². The average molecular weight is 195 g/mol. The number of carbonyl (C=O) groups excluding carboxylic acids is 1. The van der Waals surface area contributed by atoms with E-state index in [1.54, 1.807) is 6.20 Å². The summed E-state index contributed by atoms with van der Waals surface area (Å²) in [5, 5.41) is 1.07. The lowest BCUT2D eigenvalue weighted by atomic mass is 10.1. The minimum Gasteiger partial charge on any atom is -0.302 e. The SMILES string of the molecule is O=CCC#Cc1ccc2ncccc2c1. The second kappa shape index (κ2) is 4.39. The predicted octanol–water partition coefficient (Wildman–Crippen LogP) is 2.18. The molecule has 0 aliphatic carbocycles. The van der Waals surface area contributed by atoms with Crippen molar-refractivity contribution in [2.24, 2.45) is 0 Å². The Morgan fingerprint density at radius 3 is 3.13 bits per heavy atom. The molecule has 0 saturated heterocycles. The smallest absolute Gasteiger partial charge is 0.131 e. The first kappa shape index (κ1) is 9.42. The van der Waals surface area contributed by atoms with Crippen LogP contribution in [0.4, 0.5) is 0 Å². The molecule has 0 N–H and O–H groups in total. The van der Waals surface area contributed by atoms with Crippen molar-refractivity contribution in [3.05, 3.63) is 42.1 Å². The Kier molecular flexibility index (Phi) is 2.75. The van der Waals surface area contributed by atoms with Crippen molar-refractivity contribution in [2.75, 3.05) is 0 Å². The number of aldehydes is 1. The van der Waals surface area contributed by atoms with Crippen molar-refractivity contribution in [1.82, 2.24) is 4.98 Å². The molecule has 0 atom stereocenters. The van der Waals surface area contributed by atoms with Gasteiger partial charge < -0.3 is 4.79 Å². The summed E-state index contributed by atoms with van der Waals surface area (Å²) in [7, 11) is 0. The molecule has 15 heavy (non-hydrogen) atoms. The summed E-state index contributed by atoms with van der Waals surface area (Å²) in [6.45, 7) is 0. The van der Waals surface area contributed by atoms with Gasteiger partial charge in [0.2, 0.25) is 0 Å². The van der Waals surface area contributed by atoms with Crippen LogP contribution in [-0.4, -0.2) is 11.3 Å². The third-order valence-electron chi connectivity index (χ3n) is 2.02. The highest BCUT2D eigenvalue weighted by molar-refractivity contribution is 5.79. The molecule has 0 radical (unpaired) electrons. The van der Waals surface area contributed by atoms with Gasteiger partial charge in [0.05, 0.1) is 11.9 Å². The van der Waals surface area contributed by atoms with Crippen molar-refractivity contribution >= 4 is 17.2 Å². The van der Waals surface area contributed by atoms with Crippen LogP contribution in [0.25, 0.3) is 10.9 Å². The lowest BCUT2D eigenvalue weighted by Gasteiger charge is -1.96. The molecule has 72 valence electrons. The number of aromatic nitrogens is 1. The Morgan fingerprint density at radius 1 is 1.33 bits per heavy atom. The van der Waals surface area contributed by atoms with Crippen LogP contribution in [0, 0.1) is 11.8 Å². The monoisotopic (exact) mass is 195 g/mol. The Hall–Kier alpha value is -2.14. The molecular formula is C13H9NO. The Morgan fingerprint density at radius 2 is 2.27 bits per heavy atom. The molecule has 1 aromatic heterocycles. The molecular weight excluding hydrogens is 186 g/mol. The molecule has 0 fully saturated rings. The van der Waals surface area contributed by atoms with Crippen molar-refractivity contribution in [2.45, 2.75) is 6.42 Å². The topological polar surface area (TPSA) is 30.0 Å². The summed E-state index contributed by atoms with van der Waals surface area (Å²) in [5.41, 5.74) is 1.87. The maximum absolute atomic E-state index is 10.1. The molecule has 1 aromatic carbocycles. The molecule has 0 spiro atoms. The summed E-state index contributed by atoms with van der Waals surface area (Å²) in [4.78, 5) is 14.3. The second-order valence-electron chi connectivity index (χ2n) is 3.08. The summed E-state index contributed by atoms with van der Waals surface area (Å²) >= 11 is 0. The number of carbonyl (C=O) groups is 1. The van der Waals surface area contributed by atoms with Crippen molar-refractivity contribution in [3.63, 3.8) is 0 Å². The molecule has 1 heterocycles. The van der Waals surface area contributed by atoms with Gasteiger partial charge in [0.1, 0.15) is 6.29 Å². The quantitative estimate of drug-likeness (QED) is 0.515. The van der Waals surface area contributed by atoms with Crippen LogP contribution in [0.5, 0.6) is 0 Å². The average Bonchev–Trinajstić information content (AvgIpc) is 2.29. The second-order valence-corrected chi connectivity index (χ2v) is 3.08. The van der Waals surface area contributed by atoms with Gasteiger partial charge in [0.15, 0.2) is 0 Å². The molecule has 2 heteroatoms. The molecule has 2 rings (SSSR count). The number of fused-ring (bicyclic) bond motifs is 1. The number of hydrogen-bond donors (Lipinski definition) is 0. The van der Waals surface area contributed by atoms with E-state index in [1.807, 2.05) is 30.3 Å². The summed E-state index contributed by atoms with van der Waals surface area (Å²) in [6.07, 6.45) is 2.85. The van der Waals surface area contributed by atoms with Crippen molar-refractivity contribution in [3.8, 4) is 11.8 Å². The van der Waals surface area contributed by atoms with E-state index in [4.69, 9.17) is 0 Å². The Labute approximate surface area is 88.0 Å². The minimum absolute atomic E-state index is 0.283. The van der Waals surface area contributed by atoms with E-state index in [9.17, 15) is 4.79 Å². The maximum atomic E-state index is 10.1. The molecule has 0 unspecified atom stereocenters. The number of nitrogens with zero attached hydrogens (tertiary/aromatic N) is 1. The van der Waals surface area contributed by atoms with E-state index in [2.05, 4.69) is 16.8 Å². The Balaban J connectivity index is 2.40. The lowest BCUT2D eigenvalue weighted by molar-refractivity contribution is -0.107. The number of hydrogen-bond acceptors (Lipinski definition) is 2. The van der Waals surface area contributed by atoms with Crippen LogP contribution in [0.15, 0.2) is 36.5 Å². The first-order valence-electron chi connectivity index (χ1n) is 4.67. The normalized spacial score (nSPS) is 9.33. The van der Waals surface area contributed by atoms with Crippen LogP contribution in [-0.2, 0) is 4.79 Å². The van der Waals surface area contributed by atoms with Gasteiger partial charge in [-0.2, -0.15) is 0 Å².